The Labute approximate surface area is 111 Å². The quantitative estimate of drug-likeness (QED) is 0.695. The minimum atomic E-state index is 0.548. The summed E-state index contributed by atoms with van der Waals surface area (Å²) in [5.41, 5.74) is 8.14. The van der Waals surface area contributed by atoms with Gasteiger partial charge in [-0.1, -0.05) is 19.1 Å². The molecule has 1 aromatic rings. The van der Waals surface area contributed by atoms with Crippen LogP contribution >= 0.6 is 0 Å². The predicted molar refractivity (Wildman–Crippen MR) is 77.1 cm³/mol. The summed E-state index contributed by atoms with van der Waals surface area (Å²) < 4.78 is 5.53. The summed E-state index contributed by atoms with van der Waals surface area (Å²) in [6.07, 6.45) is 1.05. The van der Waals surface area contributed by atoms with Crippen LogP contribution in [0.4, 0.5) is 0 Å². The number of ether oxygens (including phenoxy) is 1. The van der Waals surface area contributed by atoms with Gasteiger partial charge in [0.1, 0.15) is 5.75 Å². The average Bonchev–Trinajstić information content (AvgIpc) is 2.37. The Bertz CT molecular complexity index is 352. The molecule has 102 valence electrons. The highest BCUT2D eigenvalue weighted by molar-refractivity contribution is 5.36. The molecule has 0 bridgehead atoms. The molecule has 1 rings (SSSR count). The molecule has 0 aliphatic heterocycles. The largest absolute Gasteiger partial charge is 0.494 e. The second-order valence-electron chi connectivity index (χ2n) is 4.83. The number of benzene rings is 1. The molecule has 3 N–H and O–H groups in total. The van der Waals surface area contributed by atoms with E-state index in [1.807, 2.05) is 6.92 Å². The van der Waals surface area contributed by atoms with Gasteiger partial charge in [0, 0.05) is 0 Å². The summed E-state index contributed by atoms with van der Waals surface area (Å²) in [4.78, 5) is 0. The molecule has 0 amide bonds. The zero-order valence-corrected chi connectivity index (χ0v) is 11.8. The number of hydrogen-bond donors (Lipinski definition) is 2. The first-order valence-corrected chi connectivity index (χ1v) is 6.80. The molecule has 0 aliphatic rings. The Kier molecular flexibility index (Phi) is 6.76. The van der Waals surface area contributed by atoms with Crippen molar-refractivity contribution in [2.45, 2.75) is 27.2 Å². The van der Waals surface area contributed by atoms with Gasteiger partial charge in [0.15, 0.2) is 0 Å². The lowest BCUT2D eigenvalue weighted by molar-refractivity contribution is 0.338. The molecule has 0 radical (unpaired) electrons. The first-order valence-electron chi connectivity index (χ1n) is 6.80. The van der Waals surface area contributed by atoms with Gasteiger partial charge < -0.3 is 15.8 Å². The van der Waals surface area contributed by atoms with Gasteiger partial charge in [-0.3, -0.25) is 0 Å². The van der Waals surface area contributed by atoms with Gasteiger partial charge in [0.2, 0.25) is 0 Å². The van der Waals surface area contributed by atoms with E-state index in [2.05, 4.69) is 37.4 Å². The van der Waals surface area contributed by atoms with Crippen molar-refractivity contribution in [2.75, 3.05) is 26.2 Å². The van der Waals surface area contributed by atoms with E-state index < -0.39 is 0 Å². The molecule has 0 fully saturated rings. The average molecular weight is 250 g/mol. The van der Waals surface area contributed by atoms with E-state index in [0.29, 0.717) is 5.92 Å². The van der Waals surface area contributed by atoms with Gasteiger partial charge in [0.25, 0.3) is 0 Å². The number of hydrogen-bond acceptors (Lipinski definition) is 3. The fourth-order valence-corrected chi connectivity index (χ4v) is 1.85. The minimum absolute atomic E-state index is 0.548. The summed E-state index contributed by atoms with van der Waals surface area (Å²) in [7, 11) is 0. The van der Waals surface area contributed by atoms with Crippen LogP contribution < -0.4 is 15.8 Å². The fourth-order valence-electron chi connectivity index (χ4n) is 1.85. The summed E-state index contributed by atoms with van der Waals surface area (Å²) in [5.74, 6) is 1.54. The van der Waals surface area contributed by atoms with Gasteiger partial charge in [-0.25, -0.2) is 0 Å². The van der Waals surface area contributed by atoms with Crippen LogP contribution in [0.15, 0.2) is 18.2 Å². The SMILES string of the molecule is CCOc1ccc(CCNCC(C)CN)cc1C. The maximum Gasteiger partial charge on any atom is 0.122 e. The first-order chi connectivity index (χ1) is 8.67. The molecule has 0 saturated heterocycles. The maximum absolute atomic E-state index is 5.58. The molecule has 1 atom stereocenters. The van der Waals surface area contributed by atoms with E-state index in [9.17, 15) is 0 Å². The van der Waals surface area contributed by atoms with Crippen LogP contribution in [0.25, 0.3) is 0 Å². The monoisotopic (exact) mass is 250 g/mol. The Morgan fingerprint density at radius 1 is 1.39 bits per heavy atom. The van der Waals surface area contributed by atoms with Crippen LogP contribution in [-0.4, -0.2) is 26.2 Å². The molecular weight excluding hydrogens is 224 g/mol. The van der Waals surface area contributed by atoms with E-state index in [-0.39, 0.29) is 0 Å². The van der Waals surface area contributed by atoms with Crippen molar-refractivity contribution >= 4 is 0 Å². The van der Waals surface area contributed by atoms with Gasteiger partial charge in [-0.05, 0) is 63.0 Å². The summed E-state index contributed by atoms with van der Waals surface area (Å²) in [6, 6.07) is 6.42. The number of nitrogens with one attached hydrogen (secondary N) is 1. The van der Waals surface area contributed by atoms with Crippen molar-refractivity contribution in [1.29, 1.82) is 0 Å². The van der Waals surface area contributed by atoms with Crippen LogP contribution in [0.5, 0.6) is 5.75 Å². The Hall–Kier alpha value is -1.06. The Morgan fingerprint density at radius 2 is 2.17 bits per heavy atom. The lowest BCUT2D eigenvalue weighted by atomic mass is 10.1. The highest BCUT2D eigenvalue weighted by Gasteiger charge is 2.01. The predicted octanol–water partition coefficient (Wildman–Crippen LogP) is 2.12. The lowest BCUT2D eigenvalue weighted by Crippen LogP contribution is -2.27. The highest BCUT2D eigenvalue weighted by Crippen LogP contribution is 2.19. The van der Waals surface area contributed by atoms with E-state index in [0.717, 1.165) is 38.4 Å². The standard InChI is InChI=1S/C15H26N2O/c1-4-18-15-6-5-14(9-13(15)3)7-8-17-11-12(2)10-16/h5-6,9,12,17H,4,7-8,10-11,16H2,1-3H3. The zero-order chi connectivity index (χ0) is 13.4. The van der Waals surface area contributed by atoms with E-state index >= 15 is 0 Å². The molecule has 1 unspecified atom stereocenters. The van der Waals surface area contributed by atoms with Gasteiger partial charge in [-0.15, -0.1) is 0 Å². The van der Waals surface area contributed by atoms with Crippen LogP contribution in [-0.2, 0) is 6.42 Å². The van der Waals surface area contributed by atoms with Gasteiger partial charge in [-0.2, -0.15) is 0 Å². The van der Waals surface area contributed by atoms with Crippen LogP contribution in [0, 0.1) is 12.8 Å². The molecule has 3 heteroatoms. The highest BCUT2D eigenvalue weighted by atomic mass is 16.5. The van der Waals surface area contributed by atoms with E-state index in [4.69, 9.17) is 10.5 Å². The van der Waals surface area contributed by atoms with Crippen molar-refractivity contribution in [3.63, 3.8) is 0 Å². The zero-order valence-electron chi connectivity index (χ0n) is 11.8. The molecule has 0 saturated carbocycles. The van der Waals surface area contributed by atoms with Crippen molar-refractivity contribution in [3.8, 4) is 5.75 Å². The number of rotatable bonds is 8. The molecule has 0 aromatic heterocycles. The van der Waals surface area contributed by atoms with Crippen molar-refractivity contribution in [1.82, 2.24) is 5.32 Å². The number of aryl methyl sites for hydroxylation is 1. The summed E-state index contributed by atoms with van der Waals surface area (Å²) in [5, 5.41) is 3.43. The molecule has 0 aliphatic carbocycles. The normalized spacial score (nSPS) is 12.4. The van der Waals surface area contributed by atoms with Gasteiger partial charge >= 0.3 is 0 Å². The maximum atomic E-state index is 5.58. The summed E-state index contributed by atoms with van der Waals surface area (Å²) in [6.45, 7) is 9.72. The molecule has 0 heterocycles. The third-order valence-corrected chi connectivity index (χ3v) is 3.02. The molecule has 18 heavy (non-hydrogen) atoms. The van der Waals surface area contributed by atoms with Crippen LogP contribution in [0.3, 0.4) is 0 Å². The first kappa shape index (κ1) is 15.0. The second kappa shape index (κ2) is 8.11. The smallest absolute Gasteiger partial charge is 0.122 e. The van der Waals surface area contributed by atoms with E-state index in [1.54, 1.807) is 0 Å². The minimum Gasteiger partial charge on any atom is -0.494 e. The van der Waals surface area contributed by atoms with Crippen molar-refractivity contribution < 1.29 is 4.74 Å². The van der Waals surface area contributed by atoms with Crippen LogP contribution in [0.2, 0.25) is 0 Å². The van der Waals surface area contributed by atoms with Crippen LogP contribution in [0.1, 0.15) is 25.0 Å². The van der Waals surface area contributed by atoms with E-state index in [1.165, 1.54) is 11.1 Å². The number of nitrogens with two attached hydrogens (primary N) is 1. The van der Waals surface area contributed by atoms with Crippen molar-refractivity contribution in [3.05, 3.63) is 29.3 Å². The topological polar surface area (TPSA) is 47.3 Å². The Morgan fingerprint density at radius 3 is 2.78 bits per heavy atom. The second-order valence-corrected chi connectivity index (χ2v) is 4.83. The Balaban J connectivity index is 2.37. The lowest BCUT2D eigenvalue weighted by Gasteiger charge is -2.11. The van der Waals surface area contributed by atoms with Gasteiger partial charge in [0.05, 0.1) is 6.61 Å². The summed E-state index contributed by atoms with van der Waals surface area (Å²) >= 11 is 0. The molecule has 1 aromatic carbocycles. The third-order valence-electron chi connectivity index (χ3n) is 3.02. The third kappa shape index (κ3) is 5.07. The fraction of sp³-hybridized carbons (Fsp3) is 0.600. The molecule has 3 nitrogen and oxygen atoms in total. The molecule has 0 spiro atoms. The van der Waals surface area contributed by atoms with Crippen molar-refractivity contribution in [2.24, 2.45) is 11.7 Å². The molecular formula is C15H26N2O.